The number of nitrogens with zero attached hydrogens (tertiary/aromatic N) is 2. The summed E-state index contributed by atoms with van der Waals surface area (Å²) < 4.78 is 30.3. The average molecular weight is 699 g/mol. The van der Waals surface area contributed by atoms with Crippen LogP contribution in [0.25, 0.3) is 11.5 Å². The Morgan fingerprint density at radius 3 is 2.38 bits per heavy atom. The Labute approximate surface area is 297 Å². The molecule has 2 atom stereocenters. The van der Waals surface area contributed by atoms with E-state index < -0.39 is 32.5 Å². The second kappa shape index (κ2) is 15.6. The molecule has 3 aromatic carbocycles. The highest BCUT2D eigenvalue weighted by molar-refractivity contribution is 6.75. The highest BCUT2D eigenvalue weighted by Crippen LogP contribution is 2.45. The summed E-state index contributed by atoms with van der Waals surface area (Å²) in [4.78, 5) is 32.7. The molecule has 2 amide bonds. The molecule has 1 aliphatic heterocycles. The zero-order valence-electron chi connectivity index (χ0n) is 30.5. The van der Waals surface area contributed by atoms with Crippen LogP contribution in [0, 0.1) is 12.8 Å². The van der Waals surface area contributed by atoms with E-state index in [0.717, 1.165) is 28.1 Å². The molecule has 1 aromatic heterocycles. The molecule has 0 N–H and O–H groups in total. The van der Waals surface area contributed by atoms with Gasteiger partial charge in [0.25, 0.3) is 14.2 Å². The van der Waals surface area contributed by atoms with Gasteiger partial charge in [0, 0.05) is 31.6 Å². The molecule has 10 heteroatoms. The lowest BCUT2D eigenvalue weighted by Crippen LogP contribution is -2.48. The number of cyclic esters (lactones) is 1. The third-order valence-electron chi connectivity index (χ3n) is 10.4. The fourth-order valence-electron chi connectivity index (χ4n) is 6.01. The Bertz CT molecular complexity index is 1750. The van der Waals surface area contributed by atoms with Gasteiger partial charge in [-0.2, -0.15) is 0 Å². The van der Waals surface area contributed by atoms with Gasteiger partial charge in [-0.1, -0.05) is 82.3 Å². The number of methoxy groups -OCH3 is 1. The maximum atomic E-state index is 13.9. The normalized spacial score (nSPS) is 15.7. The van der Waals surface area contributed by atoms with Crippen LogP contribution in [0.3, 0.4) is 0 Å². The van der Waals surface area contributed by atoms with Crippen molar-refractivity contribution in [2.24, 2.45) is 5.92 Å². The van der Waals surface area contributed by atoms with Gasteiger partial charge < -0.3 is 23.1 Å². The summed E-state index contributed by atoms with van der Waals surface area (Å²) in [7, 11) is -0.888. The van der Waals surface area contributed by atoms with E-state index in [4.69, 9.17) is 28.0 Å². The average Bonchev–Trinajstić information content (AvgIpc) is 3.65. The Hall–Kier alpha value is -4.41. The van der Waals surface area contributed by atoms with Gasteiger partial charge in [-0.3, -0.25) is 4.79 Å². The van der Waals surface area contributed by atoms with Crippen molar-refractivity contribution in [3.8, 4) is 23.0 Å². The number of amides is 2. The van der Waals surface area contributed by atoms with E-state index >= 15 is 0 Å². The lowest BCUT2D eigenvalue weighted by molar-refractivity contribution is -0.139. The van der Waals surface area contributed by atoms with Crippen LogP contribution in [0.4, 0.5) is 4.79 Å². The van der Waals surface area contributed by atoms with Crippen LogP contribution in [-0.4, -0.2) is 62.7 Å². The van der Waals surface area contributed by atoms with Crippen LogP contribution in [0.1, 0.15) is 50.3 Å². The van der Waals surface area contributed by atoms with Gasteiger partial charge in [0.15, 0.2) is 0 Å². The van der Waals surface area contributed by atoms with Crippen LogP contribution in [-0.2, 0) is 33.5 Å². The molecule has 1 fully saturated rings. The molecule has 0 spiro atoms. The number of oxazole rings is 1. The molecular formula is C40H50N2O7Si. The molecule has 266 valence electrons. The fourth-order valence-corrected chi connectivity index (χ4v) is 8.41. The molecule has 50 heavy (non-hydrogen) atoms. The van der Waals surface area contributed by atoms with Crippen molar-refractivity contribution in [1.29, 1.82) is 0 Å². The summed E-state index contributed by atoms with van der Waals surface area (Å²) >= 11 is 0. The molecule has 9 nitrogen and oxygen atoms in total. The Kier molecular flexibility index (Phi) is 11.5. The van der Waals surface area contributed by atoms with Gasteiger partial charge in [-0.15, -0.1) is 0 Å². The predicted octanol–water partition coefficient (Wildman–Crippen LogP) is 8.44. The van der Waals surface area contributed by atoms with Gasteiger partial charge in [-0.25, -0.2) is 14.7 Å². The second-order valence-corrected chi connectivity index (χ2v) is 18.8. The number of benzene rings is 3. The van der Waals surface area contributed by atoms with E-state index in [1.807, 2.05) is 85.8 Å². The standard InChI is InChI=1S/C40H50N2O7Si/c1-27(2)40(4,5)50(7,8)49-35-25-33(46-22-21-34-28(3)48-37(41-34)30-17-13-10-14-18-30)20-19-31(35)24-36(45-6)38(43)42-32(26-47-39(42)44)23-29-15-11-9-12-16-29/h9-20,25,27,32,36H,21-24,26H2,1-8H3/t32-,36-/m0/s1. The van der Waals surface area contributed by atoms with Crippen LogP contribution in [0.15, 0.2) is 83.3 Å². The predicted molar refractivity (Wildman–Crippen MR) is 196 cm³/mol. The molecule has 2 heterocycles. The molecular weight excluding hydrogens is 649 g/mol. The van der Waals surface area contributed by atoms with E-state index in [-0.39, 0.29) is 18.1 Å². The number of hydrogen-bond donors (Lipinski definition) is 0. The lowest BCUT2D eigenvalue weighted by Gasteiger charge is -2.43. The molecule has 0 aliphatic carbocycles. The van der Waals surface area contributed by atoms with Crippen LogP contribution < -0.4 is 9.16 Å². The number of imide groups is 1. The maximum Gasteiger partial charge on any atom is 0.417 e. The second-order valence-electron chi connectivity index (χ2n) is 14.3. The Morgan fingerprint density at radius 2 is 1.72 bits per heavy atom. The van der Waals surface area contributed by atoms with Gasteiger partial charge >= 0.3 is 6.09 Å². The van der Waals surface area contributed by atoms with Crippen molar-refractivity contribution < 1.29 is 32.6 Å². The number of carbonyl (C=O) groups excluding carboxylic acids is 2. The topological polar surface area (TPSA) is 100 Å². The fraction of sp³-hybridized carbons (Fsp3) is 0.425. The zero-order valence-corrected chi connectivity index (χ0v) is 31.5. The van der Waals surface area contributed by atoms with Crippen molar-refractivity contribution in [2.45, 2.75) is 84.2 Å². The summed E-state index contributed by atoms with van der Waals surface area (Å²) in [6.07, 6.45) is -0.300. The van der Waals surface area contributed by atoms with Crippen molar-refractivity contribution >= 4 is 20.3 Å². The quantitative estimate of drug-likeness (QED) is 0.114. The summed E-state index contributed by atoms with van der Waals surface area (Å²) in [5, 5.41) is -0.0669. The number of rotatable bonds is 15. The van der Waals surface area contributed by atoms with Crippen molar-refractivity contribution in [1.82, 2.24) is 9.88 Å². The first-order valence-corrected chi connectivity index (χ1v) is 20.2. The Morgan fingerprint density at radius 1 is 1.04 bits per heavy atom. The molecule has 0 bridgehead atoms. The van der Waals surface area contributed by atoms with E-state index in [1.54, 1.807) is 0 Å². The van der Waals surface area contributed by atoms with E-state index in [2.05, 4.69) is 40.8 Å². The van der Waals surface area contributed by atoms with E-state index in [9.17, 15) is 9.59 Å². The third-order valence-corrected chi connectivity index (χ3v) is 14.8. The number of aryl methyl sites for hydroxylation is 1. The number of hydrogen-bond acceptors (Lipinski definition) is 8. The highest BCUT2D eigenvalue weighted by atomic mass is 28.4. The minimum atomic E-state index is -2.38. The Balaban J connectivity index is 1.36. The number of carbonyl (C=O) groups is 2. The molecule has 5 rings (SSSR count). The van der Waals surface area contributed by atoms with Crippen molar-refractivity contribution in [3.05, 3.63) is 101 Å². The lowest BCUT2D eigenvalue weighted by atomic mass is 9.99. The van der Waals surface area contributed by atoms with Gasteiger partial charge in [-0.05, 0) is 66.7 Å². The van der Waals surface area contributed by atoms with Crippen molar-refractivity contribution in [3.63, 3.8) is 0 Å². The minimum absolute atomic E-state index is 0.0669. The highest BCUT2D eigenvalue weighted by Gasteiger charge is 2.46. The van der Waals surface area contributed by atoms with Crippen LogP contribution in [0.5, 0.6) is 11.5 Å². The van der Waals surface area contributed by atoms with Crippen molar-refractivity contribution in [2.75, 3.05) is 20.3 Å². The molecule has 4 aromatic rings. The molecule has 0 unspecified atom stereocenters. The monoisotopic (exact) mass is 698 g/mol. The summed E-state index contributed by atoms with van der Waals surface area (Å²) in [6, 6.07) is 24.9. The maximum absolute atomic E-state index is 13.9. The number of ether oxygens (including phenoxy) is 3. The zero-order chi connectivity index (χ0) is 36.1. The van der Waals surface area contributed by atoms with Gasteiger partial charge in [0.05, 0.1) is 18.3 Å². The summed E-state index contributed by atoms with van der Waals surface area (Å²) in [6.45, 7) is 15.8. The first-order chi connectivity index (χ1) is 23.8. The van der Waals surface area contributed by atoms with Crippen LogP contribution >= 0.6 is 0 Å². The minimum Gasteiger partial charge on any atom is -0.543 e. The first-order valence-electron chi connectivity index (χ1n) is 17.3. The van der Waals surface area contributed by atoms with Gasteiger partial charge in [0.1, 0.15) is 30.0 Å². The van der Waals surface area contributed by atoms with E-state index in [1.165, 1.54) is 12.0 Å². The molecule has 1 aliphatic rings. The molecule has 0 saturated carbocycles. The summed E-state index contributed by atoms with van der Waals surface area (Å²) in [5.74, 6) is 2.60. The molecule has 1 saturated heterocycles. The third kappa shape index (κ3) is 8.30. The smallest absolute Gasteiger partial charge is 0.417 e. The van der Waals surface area contributed by atoms with Crippen LogP contribution in [0.2, 0.25) is 18.1 Å². The first kappa shape index (κ1) is 36.9. The van der Waals surface area contributed by atoms with Gasteiger partial charge in [0.2, 0.25) is 5.89 Å². The number of aromatic nitrogens is 1. The largest absolute Gasteiger partial charge is 0.543 e. The SMILES string of the molecule is CO[C@@H](Cc1ccc(OCCc2nc(-c3ccccc3)oc2C)cc1O[Si](C)(C)C(C)(C)C(C)C)C(=O)N1C(=O)OC[C@@H]1Cc1ccccc1. The van der Waals surface area contributed by atoms with E-state index in [0.29, 0.717) is 42.8 Å². The summed E-state index contributed by atoms with van der Waals surface area (Å²) in [5.41, 5.74) is 3.59. The molecule has 0 radical (unpaired) electrons.